The fourth-order valence-electron chi connectivity index (χ4n) is 0.962. The molecule has 1 N–H and O–H groups in total. The monoisotopic (exact) mass is 318 g/mol. The molecule has 0 radical (unpaired) electrons. The molecule has 0 saturated carbocycles. The standard InChI is InChI=1S/C9H14BrF3N2O2/c1-3-6(10)8(17)15(2)4-7(16)14-5-9(11,12)13/h6H,3-5H2,1-2H3,(H,14,16). The van der Waals surface area contributed by atoms with Gasteiger partial charge in [-0.25, -0.2) is 0 Å². The molecular weight excluding hydrogens is 305 g/mol. The maximum atomic E-state index is 11.8. The largest absolute Gasteiger partial charge is 0.405 e. The van der Waals surface area contributed by atoms with Crippen LogP contribution in [0.3, 0.4) is 0 Å². The molecule has 2 amide bonds. The summed E-state index contributed by atoms with van der Waals surface area (Å²) >= 11 is 3.10. The van der Waals surface area contributed by atoms with Gasteiger partial charge in [-0.1, -0.05) is 22.9 Å². The van der Waals surface area contributed by atoms with E-state index in [-0.39, 0.29) is 5.91 Å². The third kappa shape index (κ3) is 7.19. The first-order valence-corrected chi connectivity index (χ1v) is 5.81. The predicted octanol–water partition coefficient (Wildman–Crippen LogP) is 1.30. The number of carbonyl (C=O) groups is 2. The van der Waals surface area contributed by atoms with Gasteiger partial charge in [0.2, 0.25) is 11.8 Å². The Hall–Kier alpha value is -0.790. The third-order valence-electron chi connectivity index (χ3n) is 1.87. The van der Waals surface area contributed by atoms with Crippen LogP contribution in [-0.4, -0.2) is 47.9 Å². The number of hydrogen-bond acceptors (Lipinski definition) is 2. The van der Waals surface area contributed by atoms with Crippen molar-refractivity contribution in [1.29, 1.82) is 0 Å². The normalized spacial score (nSPS) is 13.1. The van der Waals surface area contributed by atoms with E-state index in [1.165, 1.54) is 7.05 Å². The van der Waals surface area contributed by atoms with Gasteiger partial charge in [0.05, 0.1) is 11.4 Å². The molecule has 17 heavy (non-hydrogen) atoms. The van der Waals surface area contributed by atoms with Gasteiger partial charge in [0.15, 0.2) is 0 Å². The van der Waals surface area contributed by atoms with Gasteiger partial charge in [0, 0.05) is 7.05 Å². The number of likely N-dealkylation sites (N-methyl/N-ethyl adjacent to an activating group) is 1. The summed E-state index contributed by atoms with van der Waals surface area (Å²) in [6.45, 7) is -0.00865. The molecule has 0 heterocycles. The number of nitrogens with zero attached hydrogens (tertiary/aromatic N) is 1. The number of nitrogens with one attached hydrogen (secondary N) is 1. The number of rotatable bonds is 5. The molecule has 1 atom stereocenters. The molecule has 0 spiro atoms. The number of halogens is 4. The second-order valence-electron chi connectivity index (χ2n) is 3.46. The van der Waals surface area contributed by atoms with Gasteiger partial charge in [0.25, 0.3) is 0 Å². The van der Waals surface area contributed by atoms with Gasteiger partial charge in [-0.15, -0.1) is 0 Å². The van der Waals surface area contributed by atoms with Crippen molar-refractivity contribution in [3.63, 3.8) is 0 Å². The first-order valence-electron chi connectivity index (χ1n) is 4.90. The van der Waals surface area contributed by atoms with Crippen LogP contribution in [0.2, 0.25) is 0 Å². The first kappa shape index (κ1) is 16.2. The van der Waals surface area contributed by atoms with Crippen molar-refractivity contribution in [3.8, 4) is 0 Å². The highest BCUT2D eigenvalue weighted by atomic mass is 79.9. The highest BCUT2D eigenvalue weighted by Gasteiger charge is 2.28. The lowest BCUT2D eigenvalue weighted by Crippen LogP contribution is -2.43. The molecule has 0 rings (SSSR count). The minimum absolute atomic E-state index is 0.338. The van der Waals surface area contributed by atoms with E-state index in [0.29, 0.717) is 6.42 Å². The number of carbonyl (C=O) groups excluding carboxylic acids is 2. The first-order chi connectivity index (χ1) is 7.67. The minimum atomic E-state index is -4.44. The fourth-order valence-corrected chi connectivity index (χ4v) is 1.31. The maximum Gasteiger partial charge on any atom is 0.405 e. The van der Waals surface area contributed by atoms with Crippen molar-refractivity contribution in [2.75, 3.05) is 20.1 Å². The van der Waals surface area contributed by atoms with Gasteiger partial charge in [-0.3, -0.25) is 9.59 Å². The van der Waals surface area contributed by atoms with Crippen molar-refractivity contribution in [1.82, 2.24) is 10.2 Å². The third-order valence-corrected chi connectivity index (χ3v) is 2.91. The lowest BCUT2D eigenvalue weighted by molar-refractivity contribution is -0.141. The second-order valence-corrected chi connectivity index (χ2v) is 4.57. The van der Waals surface area contributed by atoms with Crippen LogP contribution in [0.1, 0.15) is 13.3 Å². The Labute approximate surface area is 106 Å². The van der Waals surface area contributed by atoms with Gasteiger partial charge in [0.1, 0.15) is 6.54 Å². The Morgan fingerprint density at radius 1 is 1.41 bits per heavy atom. The number of alkyl halides is 4. The van der Waals surface area contributed by atoms with E-state index in [9.17, 15) is 22.8 Å². The van der Waals surface area contributed by atoms with E-state index < -0.39 is 30.0 Å². The van der Waals surface area contributed by atoms with E-state index in [1.54, 1.807) is 12.2 Å². The summed E-state index contributed by atoms with van der Waals surface area (Å²) in [6, 6.07) is 0. The smallest absolute Gasteiger partial charge is 0.345 e. The van der Waals surface area contributed by atoms with Crippen LogP contribution >= 0.6 is 15.9 Å². The molecule has 4 nitrogen and oxygen atoms in total. The number of hydrogen-bond donors (Lipinski definition) is 1. The van der Waals surface area contributed by atoms with Crippen LogP contribution in [0.25, 0.3) is 0 Å². The Bertz CT molecular complexity index is 284. The predicted molar refractivity (Wildman–Crippen MR) is 59.7 cm³/mol. The lowest BCUT2D eigenvalue weighted by Gasteiger charge is -2.19. The van der Waals surface area contributed by atoms with Crippen molar-refractivity contribution in [2.24, 2.45) is 0 Å². The summed E-state index contributed by atoms with van der Waals surface area (Å²) in [4.78, 5) is 23.2. The van der Waals surface area contributed by atoms with E-state index in [1.807, 2.05) is 0 Å². The molecule has 0 saturated heterocycles. The van der Waals surface area contributed by atoms with Crippen molar-refractivity contribution >= 4 is 27.7 Å². The second kappa shape index (κ2) is 6.83. The van der Waals surface area contributed by atoms with Gasteiger partial charge >= 0.3 is 6.18 Å². The summed E-state index contributed by atoms with van der Waals surface area (Å²) < 4.78 is 35.4. The molecule has 0 aliphatic rings. The number of amides is 2. The topological polar surface area (TPSA) is 49.4 Å². The molecule has 0 aromatic carbocycles. The average Bonchev–Trinajstić information content (AvgIpc) is 2.23. The molecule has 0 fully saturated rings. The van der Waals surface area contributed by atoms with Gasteiger partial charge in [-0.05, 0) is 6.42 Å². The summed E-state index contributed by atoms with van der Waals surface area (Å²) in [5.74, 6) is -1.18. The Morgan fingerprint density at radius 2 is 1.94 bits per heavy atom. The molecule has 0 bridgehead atoms. The molecule has 0 aromatic heterocycles. The quantitative estimate of drug-likeness (QED) is 0.777. The van der Waals surface area contributed by atoms with Crippen molar-refractivity contribution in [3.05, 3.63) is 0 Å². The zero-order valence-electron chi connectivity index (χ0n) is 9.47. The van der Waals surface area contributed by atoms with Crippen LogP contribution in [0.4, 0.5) is 13.2 Å². The zero-order valence-corrected chi connectivity index (χ0v) is 11.1. The van der Waals surface area contributed by atoms with Gasteiger partial charge < -0.3 is 10.2 Å². The summed E-state index contributed by atoms with van der Waals surface area (Å²) in [5.41, 5.74) is 0. The SMILES string of the molecule is CCC(Br)C(=O)N(C)CC(=O)NCC(F)(F)F. The van der Waals surface area contributed by atoms with Crippen LogP contribution in [0.15, 0.2) is 0 Å². The van der Waals surface area contributed by atoms with E-state index in [4.69, 9.17) is 0 Å². The average molecular weight is 319 g/mol. The van der Waals surface area contributed by atoms with E-state index in [0.717, 1.165) is 4.90 Å². The van der Waals surface area contributed by atoms with Gasteiger partial charge in [-0.2, -0.15) is 13.2 Å². The minimum Gasteiger partial charge on any atom is -0.345 e. The molecule has 0 aromatic rings. The molecular formula is C9H14BrF3N2O2. The van der Waals surface area contributed by atoms with Crippen LogP contribution in [0, 0.1) is 0 Å². The zero-order chi connectivity index (χ0) is 13.6. The molecule has 100 valence electrons. The summed E-state index contributed by atoms with van der Waals surface area (Å²) in [6.07, 6.45) is -3.91. The Morgan fingerprint density at radius 3 is 2.35 bits per heavy atom. The van der Waals surface area contributed by atoms with Crippen LogP contribution in [0.5, 0.6) is 0 Å². The fraction of sp³-hybridized carbons (Fsp3) is 0.778. The van der Waals surface area contributed by atoms with E-state index >= 15 is 0 Å². The van der Waals surface area contributed by atoms with Crippen molar-refractivity contribution < 1.29 is 22.8 Å². The molecule has 0 aliphatic heterocycles. The molecule has 8 heteroatoms. The van der Waals surface area contributed by atoms with E-state index in [2.05, 4.69) is 15.9 Å². The maximum absolute atomic E-state index is 11.8. The highest BCUT2D eigenvalue weighted by Crippen LogP contribution is 2.12. The lowest BCUT2D eigenvalue weighted by atomic mass is 10.3. The van der Waals surface area contributed by atoms with Crippen LogP contribution in [-0.2, 0) is 9.59 Å². The van der Waals surface area contributed by atoms with Crippen molar-refractivity contribution in [2.45, 2.75) is 24.3 Å². The molecule has 1 unspecified atom stereocenters. The molecule has 0 aliphatic carbocycles. The highest BCUT2D eigenvalue weighted by molar-refractivity contribution is 9.10. The Balaban J connectivity index is 4.08. The Kier molecular flexibility index (Phi) is 6.51. The summed E-state index contributed by atoms with van der Waals surface area (Å²) in [5, 5.41) is 1.69. The summed E-state index contributed by atoms with van der Waals surface area (Å²) in [7, 11) is 1.36. The van der Waals surface area contributed by atoms with Crippen LogP contribution < -0.4 is 5.32 Å².